The number of nitrogens with zero attached hydrogens (tertiary/aromatic N) is 5. The fourth-order valence-electron chi connectivity index (χ4n) is 6.67. The van der Waals surface area contributed by atoms with Gasteiger partial charge in [-0.05, 0) is 52.1 Å². The average molecular weight is 628 g/mol. The van der Waals surface area contributed by atoms with Crippen molar-refractivity contribution in [2.24, 2.45) is 0 Å². The second-order valence-corrected chi connectivity index (χ2v) is 12.2. The zero-order valence-electron chi connectivity index (χ0n) is 26.5. The second kappa shape index (κ2) is 12.2. The lowest BCUT2D eigenvalue weighted by Crippen LogP contribution is -2.01. The minimum atomic E-state index is 0.599. The number of rotatable bonds is 6. The Balaban J connectivity index is 1.24. The SMILES string of the molecule is c1ccc(-c2cccc(-c3nc(-c4ccccc4)nc(-c4cc(-c5ccccc5)cc(-c5ncnc6c5Cc5ccccc5-6)c4)n3)c2)cc1. The molecule has 0 bridgehead atoms. The Morgan fingerprint density at radius 2 is 0.837 bits per heavy atom. The highest BCUT2D eigenvalue weighted by Crippen LogP contribution is 2.41. The van der Waals surface area contributed by atoms with Crippen molar-refractivity contribution in [2.75, 3.05) is 0 Å². The van der Waals surface area contributed by atoms with Gasteiger partial charge >= 0.3 is 0 Å². The van der Waals surface area contributed by atoms with E-state index in [0.29, 0.717) is 17.5 Å². The van der Waals surface area contributed by atoms with Gasteiger partial charge in [-0.15, -0.1) is 0 Å². The molecule has 0 radical (unpaired) electrons. The standard InChI is InChI=1S/C44H29N5/c1-4-13-29(14-5-1)32-20-12-21-34(23-32)43-47-42(31-17-8-3-9-18-31)48-44(49-43)37-25-35(30-15-6-2-7-16-30)24-36(26-37)40-39-27-33-19-10-11-22-38(33)41(39)46-28-45-40/h1-26,28H,27H2. The zero-order valence-corrected chi connectivity index (χ0v) is 26.5. The summed E-state index contributed by atoms with van der Waals surface area (Å²) < 4.78 is 0. The number of benzene rings is 6. The van der Waals surface area contributed by atoms with Crippen LogP contribution in [0.2, 0.25) is 0 Å². The fourth-order valence-corrected chi connectivity index (χ4v) is 6.67. The van der Waals surface area contributed by atoms with Gasteiger partial charge < -0.3 is 0 Å². The summed E-state index contributed by atoms with van der Waals surface area (Å²) in [5.74, 6) is 1.84. The van der Waals surface area contributed by atoms with E-state index < -0.39 is 0 Å². The van der Waals surface area contributed by atoms with Crippen LogP contribution in [0, 0.1) is 0 Å². The van der Waals surface area contributed by atoms with Crippen LogP contribution in [0.4, 0.5) is 0 Å². The van der Waals surface area contributed by atoms with Crippen molar-refractivity contribution >= 4 is 0 Å². The predicted octanol–water partition coefficient (Wildman–Crippen LogP) is 10.2. The van der Waals surface area contributed by atoms with Crippen molar-refractivity contribution in [3.63, 3.8) is 0 Å². The zero-order chi connectivity index (χ0) is 32.6. The topological polar surface area (TPSA) is 64.5 Å². The van der Waals surface area contributed by atoms with Crippen LogP contribution < -0.4 is 0 Å². The maximum atomic E-state index is 5.15. The van der Waals surface area contributed by atoms with E-state index in [9.17, 15) is 0 Å². The number of hydrogen-bond acceptors (Lipinski definition) is 5. The fraction of sp³-hybridized carbons (Fsp3) is 0.0227. The van der Waals surface area contributed by atoms with Gasteiger partial charge in [0.1, 0.15) is 6.33 Å². The highest BCUT2D eigenvalue weighted by atomic mass is 15.0. The first-order chi connectivity index (χ1) is 24.3. The third-order valence-corrected chi connectivity index (χ3v) is 9.05. The molecule has 2 heterocycles. The molecule has 0 amide bonds. The summed E-state index contributed by atoms with van der Waals surface area (Å²) in [6.07, 6.45) is 2.47. The van der Waals surface area contributed by atoms with E-state index in [1.165, 1.54) is 11.1 Å². The lowest BCUT2D eigenvalue weighted by Gasteiger charge is -2.14. The van der Waals surface area contributed by atoms with Gasteiger partial charge in [0.2, 0.25) is 0 Å². The molecule has 230 valence electrons. The molecular formula is C44H29N5. The van der Waals surface area contributed by atoms with Gasteiger partial charge in [-0.1, -0.05) is 133 Å². The van der Waals surface area contributed by atoms with Crippen molar-refractivity contribution in [1.29, 1.82) is 0 Å². The molecule has 0 saturated heterocycles. The molecule has 5 heteroatoms. The first-order valence-corrected chi connectivity index (χ1v) is 16.4. The number of fused-ring (bicyclic) bond motifs is 3. The van der Waals surface area contributed by atoms with E-state index in [0.717, 1.165) is 67.9 Å². The monoisotopic (exact) mass is 627 g/mol. The minimum absolute atomic E-state index is 0.599. The highest BCUT2D eigenvalue weighted by molar-refractivity contribution is 5.85. The van der Waals surface area contributed by atoms with E-state index in [-0.39, 0.29) is 0 Å². The van der Waals surface area contributed by atoms with Crippen LogP contribution in [0.25, 0.3) is 78.9 Å². The lowest BCUT2D eigenvalue weighted by molar-refractivity contribution is 1.07. The van der Waals surface area contributed by atoms with E-state index in [1.807, 2.05) is 42.5 Å². The maximum absolute atomic E-state index is 5.15. The molecule has 0 aliphatic heterocycles. The average Bonchev–Trinajstić information content (AvgIpc) is 3.58. The van der Waals surface area contributed by atoms with Crippen molar-refractivity contribution in [2.45, 2.75) is 6.42 Å². The summed E-state index contributed by atoms with van der Waals surface area (Å²) in [6, 6.07) is 54.3. The van der Waals surface area contributed by atoms with Crippen LogP contribution in [-0.4, -0.2) is 24.9 Å². The molecule has 0 N–H and O–H groups in total. The first-order valence-electron chi connectivity index (χ1n) is 16.4. The van der Waals surface area contributed by atoms with Gasteiger partial charge in [0.15, 0.2) is 17.5 Å². The molecule has 1 aliphatic carbocycles. The molecule has 0 spiro atoms. The molecule has 9 rings (SSSR count). The summed E-state index contributed by atoms with van der Waals surface area (Å²) in [7, 11) is 0. The van der Waals surface area contributed by atoms with Gasteiger partial charge in [0, 0.05) is 39.8 Å². The number of hydrogen-bond donors (Lipinski definition) is 0. The molecule has 8 aromatic rings. The van der Waals surface area contributed by atoms with E-state index in [4.69, 9.17) is 24.9 Å². The van der Waals surface area contributed by atoms with Crippen LogP contribution in [-0.2, 0) is 6.42 Å². The summed E-state index contributed by atoms with van der Waals surface area (Å²) in [5, 5.41) is 0. The van der Waals surface area contributed by atoms with Crippen LogP contribution in [0.1, 0.15) is 11.1 Å². The normalized spacial score (nSPS) is 11.6. The van der Waals surface area contributed by atoms with Gasteiger partial charge in [0.05, 0.1) is 11.4 Å². The molecular weight excluding hydrogens is 599 g/mol. The molecule has 2 aromatic heterocycles. The highest BCUT2D eigenvalue weighted by Gasteiger charge is 2.24. The largest absolute Gasteiger partial charge is 0.236 e. The van der Waals surface area contributed by atoms with Gasteiger partial charge in [0.25, 0.3) is 0 Å². The van der Waals surface area contributed by atoms with E-state index in [2.05, 4.69) is 115 Å². The molecule has 0 unspecified atom stereocenters. The minimum Gasteiger partial charge on any atom is -0.236 e. The Morgan fingerprint density at radius 1 is 0.347 bits per heavy atom. The molecule has 1 aliphatic rings. The van der Waals surface area contributed by atoms with Crippen LogP contribution in [0.3, 0.4) is 0 Å². The molecule has 0 fully saturated rings. The van der Waals surface area contributed by atoms with Crippen molar-refractivity contribution < 1.29 is 0 Å². The quantitative estimate of drug-likeness (QED) is 0.184. The lowest BCUT2D eigenvalue weighted by atomic mass is 9.95. The Morgan fingerprint density at radius 3 is 1.57 bits per heavy atom. The number of aromatic nitrogens is 5. The van der Waals surface area contributed by atoms with Crippen molar-refractivity contribution in [1.82, 2.24) is 24.9 Å². The van der Waals surface area contributed by atoms with Crippen molar-refractivity contribution in [3.8, 4) is 78.9 Å². The van der Waals surface area contributed by atoms with E-state index >= 15 is 0 Å². The summed E-state index contributed by atoms with van der Waals surface area (Å²) in [4.78, 5) is 24.9. The second-order valence-electron chi connectivity index (χ2n) is 12.2. The van der Waals surface area contributed by atoms with E-state index in [1.54, 1.807) is 6.33 Å². The van der Waals surface area contributed by atoms with Crippen LogP contribution >= 0.6 is 0 Å². The van der Waals surface area contributed by atoms with Crippen molar-refractivity contribution in [3.05, 3.63) is 175 Å². The Bertz CT molecular complexity index is 2460. The third-order valence-electron chi connectivity index (χ3n) is 9.05. The molecule has 6 aromatic carbocycles. The maximum Gasteiger partial charge on any atom is 0.164 e. The third kappa shape index (κ3) is 5.47. The van der Waals surface area contributed by atoms with Gasteiger partial charge in [-0.25, -0.2) is 24.9 Å². The Kier molecular flexibility index (Phi) is 7.13. The molecule has 0 saturated carbocycles. The smallest absolute Gasteiger partial charge is 0.164 e. The summed E-state index contributed by atoms with van der Waals surface area (Å²) in [5.41, 5.74) is 13.7. The molecule has 49 heavy (non-hydrogen) atoms. The Labute approximate surface area is 284 Å². The van der Waals surface area contributed by atoms with Crippen LogP contribution in [0.5, 0.6) is 0 Å². The Hall–Kier alpha value is -6.59. The summed E-state index contributed by atoms with van der Waals surface area (Å²) in [6.45, 7) is 0. The molecule has 0 atom stereocenters. The molecule has 5 nitrogen and oxygen atoms in total. The predicted molar refractivity (Wildman–Crippen MR) is 196 cm³/mol. The summed E-state index contributed by atoms with van der Waals surface area (Å²) >= 11 is 0. The van der Waals surface area contributed by atoms with Gasteiger partial charge in [-0.3, -0.25) is 0 Å². The van der Waals surface area contributed by atoms with Gasteiger partial charge in [-0.2, -0.15) is 0 Å². The first kappa shape index (κ1) is 28.6. The van der Waals surface area contributed by atoms with Crippen LogP contribution in [0.15, 0.2) is 164 Å².